The Kier molecular flexibility index (Phi) is 6.33. The van der Waals surface area contributed by atoms with Crippen molar-refractivity contribution in [2.24, 2.45) is 0 Å². The number of anilines is 2. The average molecular weight is 509 g/mol. The molecule has 1 atom stereocenters. The first-order valence-electron chi connectivity index (χ1n) is 9.20. The molecule has 1 aliphatic rings. The van der Waals surface area contributed by atoms with Crippen LogP contribution in [0.2, 0.25) is 5.02 Å². The van der Waals surface area contributed by atoms with Gasteiger partial charge in [0, 0.05) is 18.4 Å². The summed E-state index contributed by atoms with van der Waals surface area (Å²) in [6.45, 7) is 0.601. The van der Waals surface area contributed by atoms with E-state index in [-0.39, 0.29) is 16.4 Å². The molecule has 14 heteroatoms. The van der Waals surface area contributed by atoms with Gasteiger partial charge in [-0.1, -0.05) is 11.6 Å². The van der Waals surface area contributed by atoms with Crippen LogP contribution >= 0.6 is 11.6 Å². The molecule has 0 aliphatic carbocycles. The number of halogens is 5. The number of rotatable bonds is 4. The third-order valence-electron chi connectivity index (χ3n) is 4.89. The quantitative estimate of drug-likeness (QED) is 0.590. The molecule has 3 amide bonds. The first-order chi connectivity index (χ1) is 15.1. The molecule has 1 aromatic heterocycles. The number of aromatic nitrogens is 1. The molecular weight excluding hydrogens is 492 g/mol. The highest BCUT2D eigenvalue weighted by molar-refractivity contribution is 7.88. The average Bonchev–Trinajstić information content (AvgIpc) is 3.05. The Morgan fingerprint density at radius 3 is 2.42 bits per heavy atom. The monoisotopic (exact) mass is 508 g/mol. The van der Waals surface area contributed by atoms with Gasteiger partial charge in [-0.25, -0.2) is 26.9 Å². The zero-order valence-electron chi connectivity index (χ0n) is 17.4. The molecule has 0 unspecified atom stereocenters. The van der Waals surface area contributed by atoms with E-state index in [1.54, 1.807) is 0 Å². The summed E-state index contributed by atoms with van der Waals surface area (Å²) in [4.78, 5) is 31.7. The minimum Gasteiger partial charge on any atom is -0.314 e. The van der Waals surface area contributed by atoms with Gasteiger partial charge in [0.05, 0.1) is 23.4 Å². The lowest BCUT2D eigenvalue weighted by molar-refractivity contribution is -0.137. The minimum absolute atomic E-state index is 0.102. The molecule has 33 heavy (non-hydrogen) atoms. The number of hydrogen-bond donors (Lipinski definition) is 0. The third kappa shape index (κ3) is 4.88. The highest BCUT2D eigenvalue weighted by Crippen LogP contribution is 2.34. The van der Waals surface area contributed by atoms with Gasteiger partial charge < -0.3 is 4.90 Å². The van der Waals surface area contributed by atoms with Crippen LogP contribution in [0.25, 0.3) is 0 Å². The molecule has 0 saturated carbocycles. The minimum atomic E-state index is -4.77. The molecule has 1 aliphatic heterocycles. The van der Waals surface area contributed by atoms with Crippen LogP contribution in [0.5, 0.6) is 0 Å². The molecule has 1 fully saturated rings. The number of likely N-dealkylation sites (N-methyl/N-ethyl adjacent to an activating group) is 1. The topological polar surface area (TPSA) is 90.9 Å². The van der Waals surface area contributed by atoms with Gasteiger partial charge in [-0.3, -0.25) is 9.69 Å². The van der Waals surface area contributed by atoms with E-state index in [1.165, 1.54) is 20.0 Å². The van der Waals surface area contributed by atoms with E-state index in [1.807, 2.05) is 0 Å². The smallest absolute Gasteiger partial charge is 0.314 e. The highest BCUT2D eigenvalue weighted by atomic mass is 35.5. The zero-order chi connectivity index (χ0) is 24.9. The van der Waals surface area contributed by atoms with Gasteiger partial charge >= 0.3 is 12.2 Å². The number of benzene rings is 1. The first-order valence-corrected chi connectivity index (χ1v) is 11.4. The summed E-state index contributed by atoms with van der Waals surface area (Å²) >= 11 is 5.75. The SMILES string of the molecule is Cc1cc(C(F)(F)F)cc(N2C(=O)N(S(C)(=O)=O)C[C@H]2C(=O)N(C)c2ccc(F)c(Cl)c2)n1. The third-order valence-corrected chi connectivity index (χ3v) is 6.29. The Morgan fingerprint density at radius 2 is 1.88 bits per heavy atom. The first kappa shape index (κ1) is 24.7. The molecule has 3 rings (SSSR count). The highest BCUT2D eigenvalue weighted by Gasteiger charge is 2.48. The molecule has 178 valence electrons. The van der Waals surface area contributed by atoms with Gasteiger partial charge in [0.15, 0.2) is 0 Å². The van der Waals surface area contributed by atoms with Crippen molar-refractivity contribution in [2.75, 3.05) is 29.6 Å². The summed E-state index contributed by atoms with van der Waals surface area (Å²) in [5.74, 6) is -2.14. The van der Waals surface area contributed by atoms with Gasteiger partial charge in [-0.2, -0.15) is 13.2 Å². The Hall–Kier alpha value is -2.93. The second kappa shape index (κ2) is 8.45. The van der Waals surface area contributed by atoms with Gasteiger partial charge in [0.25, 0.3) is 5.91 Å². The van der Waals surface area contributed by atoms with Crippen LogP contribution in [0.1, 0.15) is 11.3 Å². The largest absolute Gasteiger partial charge is 0.416 e. The van der Waals surface area contributed by atoms with Crippen molar-refractivity contribution >= 4 is 45.1 Å². The molecule has 2 aromatic rings. The van der Waals surface area contributed by atoms with E-state index in [2.05, 4.69) is 4.98 Å². The fourth-order valence-electron chi connectivity index (χ4n) is 3.28. The van der Waals surface area contributed by atoms with Crippen molar-refractivity contribution in [1.82, 2.24) is 9.29 Å². The maximum Gasteiger partial charge on any atom is 0.416 e. The summed E-state index contributed by atoms with van der Waals surface area (Å²) in [5, 5.41) is -0.292. The molecule has 0 spiro atoms. The summed E-state index contributed by atoms with van der Waals surface area (Å²) in [6.07, 6.45) is -4.05. The number of nitrogens with zero attached hydrogens (tertiary/aromatic N) is 4. The second-order valence-electron chi connectivity index (χ2n) is 7.31. The molecular formula is C19H17ClF4N4O4S. The summed E-state index contributed by atoms with van der Waals surface area (Å²) in [5.41, 5.74) is -1.11. The Morgan fingerprint density at radius 1 is 1.24 bits per heavy atom. The van der Waals surface area contributed by atoms with Crippen LogP contribution in [0, 0.1) is 12.7 Å². The fourth-order valence-corrected chi connectivity index (χ4v) is 4.23. The van der Waals surface area contributed by atoms with Gasteiger partial charge in [0.2, 0.25) is 10.0 Å². The summed E-state index contributed by atoms with van der Waals surface area (Å²) < 4.78 is 78.0. The summed E-state index contributed by atoms with van der Waals surface area (Å²) in [6, 6.07) is 1.90. The van der Waals surface area contributed by atoms with E-state index < -0.39 is 57.9 Å². The molecule has 1 saturated heterocycles. The molecule has 0 bridgehead atoms. The van der Waals surface area contributed by atoms with Crippen molar-refractivity contribution in [2.45, 2.75) is 19.1 Å². The standard InChI is InChI=1S/C19H17ClF4N4O4S/c1-10-6-11(19(22,23)24)7-16(25-10)28-15(9-27(18(28)30)33(3,31)32)17(29)26(2)12-4-5-14(21)13(20)8-12/h4-8,15H,9H2,1-3H3/t15-/m0/s1. The number of hydrogen-bond acceptors (Lipinski definition) is 5. The lowest BCUT2D eigenvalue weighted by Crippen LogP contribution is -2.47. The Bertz CT molecular complexity index is 1240. The number of pyridine rings is 1. The molecule has 0 radical (unpaired) electrons. The van der Waals surface area contributed by atoms with Crippen LogP contribution in [0.3, 0.4) is 0 Å². The van der Waals surface area contributed by atoms with Crippen LogP contribution in [0.4, 0.5) is 33.9 Å². The van der Waals surface area contributed by atoms with E-state index in [0.717, 1.165) is 29.4 Å². The van der Waals surface area contributed by atoms with Crippen molar-refractivity contribution in [3.63, 3.8) is 0 Å². The number of carbonyl (C=O) groups excluding carboxylic acids is 2. The van der Waals surface area contributed by atoms with E-state index in [9.17, 15) is 35.6 Å². The van der Waals surface area contributed by atoms with E-state index in [4.69, 9.17) is 11.6 Å². The van der Waals surface area contributed by atoms with Gasteiger partial charge in [0.1, 0.15) is 17.7 Å². The predicted molar refractivity (Wildman–Crippen MR) is 112 cm³/mol. The number of carbonyl (C=O) groups is 2. The number of urea groups is 1. The van der Waals surface area contributed by atoms with Crippen LogP contribution in [-0.2, 0) is 21.0 Å². The fraction of sp³-hybridized carbons (Fsp3) is 0.316. The second-order valence-corrected chi connectivity index (χ2v) is 9.63. The van der Waals surface area contributed by atoms with Crippen molar-refractivity contribution in [3.8, 4) is 0 Å². The van der Waals surface area contributed by atoms with Crippen molar-refractivity contribution < 1.29 is 35.6 Å². The predicted octanol–water partition coefficient (Wildman–Crippen LogP) is 3.43. The number of alkyl halides is 3. The number of aryl methyl sites for hydroxylation is 1. The number of sulfonamides is 1. The lowest BCUT2D eigenvalue weighted by atomic mass is 10.2. The molecule has 2 heterocycles. The Balaban J connectivity index is 2.10. The maximum absolute atomic E-state index is 13.5. The van der Waals surface area contributed by atoms with Crippen LogP contribution in [-0.4, -0.2) is 55.5 Å². The zero-order valence-corrected chi connectivity index (χ0v) is 19.0. The van der Waals surface area contributed by atoms with Crippen LogP contribution < -0.4 is 9.80 Å². The molecule has 8 nitrogen and oxygen atoms in total. The summed E-state index contributed by atoms with van der Waals surface area (Å²) in [7, 11) is -2.89. The van der Waals surface area contributed by atoms with E-state index >= 15 is 0 Å². The van der Waals surface area contributed by atoms with Crippen molar-refractivity contribution in [1.29, 1.82) is 0 Å². The van der Waals surface area contributed by atoms with Crippen LogP contribution in [0.15, 0.2) is 30.3 Å². The number of amides is 3. The van der Waals surface area contributed by atoms with Gasteiger partial charge in [-0.15, -0.1) is 0 Å². The van der Waals surface area contributed by atoms with Crippen molar-refractivity contribution in [3.05, 3.63) is 52.4 Å². The van der Waals surface area contributed by atoms with Gasteiger partial charge in [-0.05, 0) is 37.3 Å². The molecule has 0 N–H and O–H groups in total. The maximum atomic E-state index is 13.5. The normalized spacial score (nSPS) is 17.0. The molecule has 1 aromatic carbocycles. The Labute approximate surface area is 191 Å². The lowest BCUT2D eigenvalue weighted by Gasteiger charge is -2.27. The van der Waals surface area contributed by atoms with E-state index in [0.29, 0.717) is 15.3 Å².